The van der Waals surface area contributed by atoms with Gasteiger partial charge in [0.1, 0.15) is 0 Å². The number of nitrogens with zero attached hydrogens (tertiary/aromatic N) is 2. The van der Waals surface area contributed by atoms with Crippen molar-refractivity contribution in [1.82, 2.24) is 14.8 Å². The highest BCUT2D eigenvalue weighted by Gasteiger charge is 2.00. The van der Waals surface area contributed by atoms with Gasteiger partial charge in [-0.25, -0.2) is 5.10 Å². The first kappa shape index (κ1) is 14.2. The van der Waals surface area contributed by atoms with E-state index in [-0.39, 0.29) is 0 Å². The van der Waals surface area contributed by atoms with Crippen molar-refractivity contribution in [3.63, 3.8) is 0 Å². The van der Waals surface area contributed by atoms with Crippen molar-refractivity contribution in [1.29, 1.82) is 0 Å². The van der Waals surface area contributed by atoms with Gasteiger partial charge in [-0.15, -0.1) is 5.10 Å². The molecule has 0 radical (unpaired) electrons. The molecule has 0 unspecified atom stereocenters. The number of hydrogen-bond acceptors (Lipinski definition) is 3. The molecule has 98 valence electrons. The normalized spacial score (nSPS) is 10.9. The van der Waals surface area contributed by atoms with Crippen molar-refractivity contribution in [2.45, 2.75) is 64.8 Å². The molecule has 1 rings (SSSR count). The predicted molar refractivity (Wildman–Crippen MR) is 74.4 cm³/mol. The molecule has 17 heavy (non-hydrogen) atoms. The van der Waals surface area contributed by atoms with Crippen LogP contribution in [0.5, 0.6) is 0 Å². The second-order valence-electron chi connectivity index (χ2n) is 4.51. The highest BCUT2D eigenvalue weighted by molar-refractivity contribution is 7.71. The molecule has 0 bridgehead atoms. The fourth-order valence-corrected chi connectivity index (χ4v) is 2.18. The van der Waals surface area contributed by atoms with Crippen molar-refractivity contribution < 1.29 is 0 Å². The van der Waals surface area contributed by atoms with E-state index in [2.05, 4.69) is 17.1 Å². The third-order valence-corrected chi connectivity index (χ3v) is 3.33. The Morgan fingerprint density at radius 1 is 1.12 bits per heavy atom. The van der Waals surface area contributed by atoms with Gasteiger partial charge >= 0.3 is 0 Å². The maximum absolute atomic E-state index is 5.69. The molecular formula is C12H24N4S. The summed E-state index contributed by atoms with van der Waals surface area (Å²) >= 11 is 5.09. The highest BCUT2D eigenvalue weighted by atomic mass is 32.1. The van der Waals surface area contributed by atoms with Crippen molar-refractivity contribution >= 4 is 18.2 Å². The van der Waals surface area contributed by atoms with E-state index >= 15 is 0 Å². The lowest BCUT2D eigenvalue weighted by Gasteiger charge is -2.04. The smallest absolute Gasteiger partial charge is 0.220 e. The van der Waals surface area contributed by atoms with E-state index in [1.165, 1.54) is 44.9 Å². The number of hydrogen-bond donors (Lipinski definition) is 2. The molecule has 1 heterocycles. The maximum atomic E-state index is 5.69. The average molecular weight is 256 g/mol. The molecule has 1 aromatic heterocycles. The van der Waals surface area contributed by atoms with Crippen LogP contribution in [-0.4, -0.2) is 14.8 Å². The minimum Gasteiger partial charge on any atom is -0.368 e. The first-order chi connectivity index (χ1) is 8.25. The zero-order valence-corrected chi connectivity index (χ0v) is 11.6. The van der Waals surface area contributed by atoms with Crippen LogP contribution in [-0.2, 0) is 6.54 Å². The molecule has 1 aromatic rings. The summed E-state index contributed by atoms with van der Waals surface area (Å²) in [5.74, 6) is 0.498. The van der Waals surface area contributed by atoms with E-state index in [0.717, 1.165) is 13.0 Å². The van der Waals surface area contributed by atoms with Crippen LogP contribution in [0.25, 0.3) is 0 Å². The molecule has 0 saturated carbocycles. The summed E-state index contributed by atoms with van der Waals surface area (Å²) in [6.45, 7) is 3.13. The molecular weight excluding hydrogens is 232 g/mol. The second kappa shape index (κ2) is 8.28. The minimum absolute atomic E-state index is 0.498. The molecule has 0 aromatic carbocycles. The van der Waals surface area contributed by atoms with Crippen LogP contribution in [0.3, 0.4) is 0 Å². The molecule has 0 aliphatic heterocycles. The van der Waals surface area contributed by atoms with Gasteiger partial charge < -0.3 is 5.73 Å². The topological polar surface area (TPSA) is 59.6 Å². The van der Waals surface area contributed by atoms with Crippen molar-refractivity contribution in [2.75, 3.05) is 5.73 Å². The lowest BCUT2D eigenvalue weighted by Crippen LogP contribution is -2.03. The predicted octanol–water partition coefficient (Wildman–Crippen LogP) is 3.66. The molecule has 0 amide bonds. The van der Waals surface area contributed by atoms with Crippen LogP contribution < -0.4 is 5.73 Å². The van der Waals surface area contributed by atoms with E-state index in [1.54, 1.807) is 0 Å². The number of aromatic amines is 1. The Hall–Kier alpha value is -0.840. The van der Waals surface area contributed by atoms with Crippen LogP contribution >= 0.6 is 12.2 Å². The van der Waals surface area contributed by atoms with E-state index < -0.39 is 0 Å². The molecule has 3 N–H and O–H groups in total. The Morgan fingerprint density at radius 3 is 2.24 bits per heavy atom. The van der Waals surface area contributed by atoms with E-state index in [4.69, 9.17) is 18.0 Å². The standard InChI is InChI=1S/C12H24N4S/c1-2-3-4-5-6-7-8-9-10-16-11(13)14-15-12(16)17/h2-10H2,1H3,(H2,13,14)(H,15,17). The van der Waals surface area contributed by atoms with Crippen molar-refractivity contribution in [2.24, 2.45) is 0 Å². The number of nitrogens with one attached hydrogen (secondary N) is 1. The number of nitrogen functional groups attached to an aromatic ring is 1. The molecule has 0 spiro atoms. The van der Waals surface area contributed by atoms with Crippen LogP contribution in [0.4, 0.5) is 5.95 Å². The summed E-state index contributed by atoms with van der Waals surface area (Å²) in [6, 6.07) is 0. The van der Waals surface area contributed by atoms with Crippen molar-refractivity contribution in [3.8, 4) is 0 Å². The average Bonchev–Trinajstić information content (AvgIpc) is 2.63. The highest BCUT2D eigenvalue weighted by Crippen LogP contribution is 2.10. The lowest BCUT2D eigenvalue weighted by molar-refractivity contribution is 0.543. The van der Waals surface area contributed by atoms with Crippen LogP contribution in [0, 0.1) is 4.77 Å². The van der Waals surface area contributed by atoms with Crippen molar-refractivity contribution in [3.05, 3.63) is 4.77 Å². The van der Waals surface area contributed by atoms with Crippen LogP contribution in [0.2, 0.25) is 0 Å². The first-order valence-electron chi connectivity index (χ1n) is 6.66. The maximum Gasteiger partial charge on any atom is 0.220 e. The molecule has 0 aliphatic rings. The Labute approximate surface area is 109 Å². The number of anilines is 1. The molecule has 5 heteroatoms. The third kappa shape index (κ3) is 5.35. The molecule has 4 nitrogen and oxygen atoms in total. The summed E-state index contributed by atoms with van der Waals surface area (Å²) < 4.78 is 2.50. The van der Waals surface area contributed by atoms with E-state index in [0.29, 0.717) is 10.7 Å². The third-order valence-electron chi connectivity index (χ3n) is 3.02. The number of nitrogens with two attached hydrogens (primary N) is 1. The number of unbranched alkanes of at least 4 members (excludes halogenated alkanes) is 7. The Bertz CT molecular complexity index is 356. The molecule has 0 fully saturated rings. The van der Waals surface area contributed by atoms with Crippen LogP contribution in [0.1, 0.15) is 58.3 Å². The zero-order chi connectivity index (χ0) is 12.5. The fourth-order valence-electron chi connectivity index (χ4n) is 1.95. The van der Waals surface area contributed by atoms with Gasteiger partial charge in [-0.3, -0.25) is 4.57 Å². The monoisotopic (exact) mass is 256 g/mol. The summed E-state index contributed by atoms with van der Waals surface area (Å²) in [6.07, 6.45) is 10.5. The minimum atomic E-state index is 0.498. The van der Waals surface area contributed by atoms with Gasteiger partial charge in [0.15, 0.2) is 4.77 Å². The molecule has 0 saturated heterocycles. The quantitative estimate of drug-likeness (QED) is 0.523. The molecule has 0 aliphatic carbocycles. The number of aromatic nitrogens is 3. The van der Waals surface area contributed by atoms with Gasteiger partial charge in [-0.2, -0.15) is 0 Å². The molecule has 0 atom stereocenters. The Balaban J connectivity index is 2.03. The second-order valence-corrected chi connectivity index (χ2v) is 4.90. The summed E-state index contributed by atoms with van der Waals surface area (Å²) in [7, 11) is 0. The Morgan fingerprint density at radius 2 is 1.71 bits per heavy atom. The first-order valence-corrected chi connectivity index (χ1v) is 7.07. The summed E-state index contributed by atoms with van der Waals surface area (Å²) in [5, 5.41) is 6.59. The largest absolute Gasteiger partial charge is 0.368 e. The SMILES string of the molecule is CCCCCCCCCCn1c(N)n[nH]c1=S. The van der Waals surface area contributed by atoms with Gasteiger partial charge in [0.05, 0.1) is 0 Å². The number of rotatable bonds is 9. The van der Waals surface area contributed by atoms with E-state index in [9.17, 15) is 0 Å². The van der Waals surface area contributed by atoms with Gasteiger partial charge in [0.25, 0.3) is 0 Å². The summed E-state index contributed by atoms with van der Waals surface area (Å²) in [4.78, 5) is 0. The Kier molecular flexibility index (Phi) is 6.93. The number of H-pyrrole nitrogens is 1. The van der Waals surface area contributed by atoms with Gasteiger partial charge in [0.2, 0.25) is 5.95 Å². The van der Waals surface area contributed by atoms with Gasteiger partial charge in [0, 0.05) is 6.54 Å². The lowest BCUT2D eigenvalue weighted by atomic mass is 10.1. The van der Waals surface area contributed by atoms with Crippen LogP contribution in [0.15, 0.2) is 0 Å². The summed E-state index contributed by atoms with van der Waals surface area (Å²) in [5.41, 5.74) is 5.69. The fraction of sp³-hybridized carbons (Fsp3) is 0.833. The van der Waals surface area contributed by atoms with Gasteiger partial charge in [-0.1, -0.05) is 51.9 Å². The van der Waals surface area contributed by atoms with Gasteiger partial charge in [-0.05, 0) is 18.6 Å². The zero-order valence-electron chi connectivity index (χ0n) is 10.7. The van der Waals surface area contributed by atoms with E-state index in [1.807, 2.05) is 4.57 Å².